The van der Waals surface area contributed by atoms with Crippen LogP contribution in [0.1, 0.15) is 72.1 Å². The number of ketones is 1. The molecule has 0 spiro atoms. The Balaban J connectivity index is 1.57. The van der Waals surface area contributed by atoms with Gasteiger partial charge in [-0.05, 0) is 80.5 Å². The number of Topliss-reactive ketones (excluding diaryl/α,β-unsaturated/α-hetero) is 1. The number of hydrogen-bond acceptors (Lipinski definition) is 4. The lowest BCUT2D eigenvalue weighted by Crippen LogP contribution is -2.56. The van der Waals surface area contributed by atoms with Crippen LogP contribution in [0, 0.1) is 12.3 Å². The summed E-state index contributed by atoms with van der Waals surface area (Å²) in [5.41, 5.74) is 6.29. The average molecular weight is 541 g/mol. The molecule has 2 heterocycles. The molecule has 7 heteroatoms. The molecule has 0 bridgehead atoms. The molecule has 2 aromatic rings. The molecule has 1 aliphatic carbocycles. The first-order valence-corrected chi connectivity index (χ1v) is 13.8. The summed E-state index contributed by atoms with van der Waals surface area (Å²) in [5, 5.41) is 5.89. The molecule has 3 amide bonds. The van der Waals surface area contributed by atoms with Crippen LogP contribution in [0.4, 0.5) is 10.5 Å². The Labute approximate surface area is 237 Å². The molecule has 0 unspecified atom stereocenters. The molecule has 2 N–H and O–H groups in total. The number of aromatic nitrogens is 1. The van der Waals surface area contributed by atoms with Crippen molar-refractivity contribution in [2.24, 2.45) is 5.41 Å². The summed E-state index contributed by atoms with van der Waals surface area (Å²) < 4.78 is 0. The Hall–Kier alpha value is -4.00. The minimum absolute atomic E-state index is 0.0533. The maximum Gasteiger partial charge on any atom is 0.323 e. The predicted octanol–water partition coefficient (Wildman–Crippen LogP) is 6.81. The number of pyridine rings is 1. The van der Waals surface area contributed by atoms with Gasteiger partial charge in [0, 0.05) is 42.5 Å². The van der Waals surface area contributed by atoms with Crippen LogP contribution in [0.25, 0.3) is 16.7 Å². The number of urea groups is 1. The monoisotopic (exact) mass is 540 g/mol. The molecule has 7 nitrogen and oxygen atoms in total. The SMILES string of the molecule is C=C(C)c1ccc(-c2cc(NC(=O)NC3=C(C(=O)N4CCCC(=O)C4(C)C)C=C(C(C)(C)C)C3)ccc2C)cn1. The van der Waals surface area contributed by atoms with Gasteiger partial charge in [-0.2, -0.15) is 0 Å². The topological polar surface area (TPSA) is 91.4 Å². The molecule has 1 saturated heterocycles. The number of aryl methyl sites for hydroxylation is 1. The second-order valence-corrected chi connectivity index (χ2v) is 12.4. The molecule has 0 radical (unpaired) electrons. The molecule has 1 aromatic carbocycles. The summed E-state index contributed by atoms with van der Waals surface area (Å²) in [6.07, 6.45) is 5.27. The fourth-order valence-corrected chi connectivity index (χ4v) is 5.13. The lowest BCUT2D eigenvalue weighted by molar-refractivity contribution is -0.145. The summed E-state index contributed by atoms with van der Waals surface area (Å²) >= 11 is 0. The Morgan fingerprint density at radius 1 is 1.10 bits per heavy atom. The summed E-state index contributed by atoms with van der Waals surface area (Å²) in [7, 11) is 0. The molecular weight excluding hydrogens is 500 g/mol. The fraction of sp³-hybridized carbons (Fsp3) is 0.394. The Kier molecular flexibility index (Phi) is 7.88. The number of likely N-dealkylation sites (tertiary alicyclic amines) is 1. The average Bonchev–Trinajstić information content (AvgIpc) is 3.31. The van der Waals surface area contributed by atoms with Crippen LogP contribution in [0.15, 0.2) is 66.0 Å². The number of carbonyl (C=O) groups excluding carboxylic acids is 3. The van der Waals surface area contributed by atoms with E-state index in [2.05, 4.69) is 43.0 Å². The lowest BCUT2D eigenvalue weighted by Gasteiger charge is -2.41. The quantitative estimate of drug-likeness (QED) is 0.436. The minimum Gasteiger partial charge on any atom is -0.326 e. The highest BCUT2D eigenvalue weighted by Crippen LogP contribution is 2.38. The normalized spacial score (nSPS) is 17.0. The van der Waals surface area contributed by atoms with E-state index in [1.807, 2.05) is 56.5 Å². The molecule has 0 atom stereocenters. The van der Waals surface area contributed by atoms with E-state index in [4.69, 9.17) is 0 Å². The van der Waals surface area contributed by atoms with Crippen molar-refractivity contribution in [3.8, 4) is 11.1 Å². The van der Waals surface area contributed by atoms with Gasteiger partial charge in [-0.3, -0.25) is 14.6 Å². The number of allylic oxidation sites excluding steroid dienone is 2. The van der Waals surface area contributed by atoms with Crippen molar-refractivity contribution in [2.75, 3.05) is 11.9 Å². The molecule has 1 fully saturated rings. The van der Waals surface area contributed by atoms with E-state index in [0.29, 0.717) is 42.8 Å². The molecular formula is C33H40N4O3. The van der Waals surface area contributed by atoms with E-state index >= 15 is 0 Å². The van der Waals surface area contributed by atoms with Crippen LogP contribution < -0.4 is 10.6 Å². The van der Waals surface area contributed by atoms with Crippen molar-refractivity contribution in [1.82, 2.24) is 15.2 Å². The van der Waals surface area contributed by atoms with Gasteiger partial charge in [0.2, 0.25) is 0 Å². The number of nitrogens with zero attached hydrogens (tertiary/aromatic N) is 2. The first-order chi connectivity index (χ1) is 18.7. The zero-order valence-electron chi connectivity index (χ0n) is 24.7. The second kappa shape index (κ2) is 10.9. The summed E-state index contributed by atoms with van der Waals surface area (Å²) in [6.45, 7) is 18.2. The van der Waals surface area contributed by atoms with Crippen molar-refractivity contribution >= 4 is 29.0 Å². The zero-order chi connectivity index (χ0) is 29.4. The van der Waals surface area contributed by atoms with Crippen LogP contribution in [-0.4, -0.2) is 39.7 Å². The number of amides is 3. The molecule has 1 aliphatic heterocycles. The van der Waals surface area contributed by atoms with Gasteiger partial charge in [0.1, 0.15) is 0 Å². The highest BCUT2D eigenvalue weighted by molar-refractivity contribution is 6.03. The smallest absolute Gasteiger partial charge is 0.323 e. The molecule has 0 saturated carbocycles. The van der Waals surface area contributed by atoms with Crippen molar-refractivity contribution < 1.29 is 14.4 Å². The van der Waals surface area contributed by atoms with Gasteiger partial charge in [-0.25, -0.2) is 4.79 Å². The van der Waals surface area contributed by atoms with Crippen LogP contribution in [0.5, 0.6) is 0 Å². The molecule has 40 heavy (non-hydrogen) atoms. The van der Waals surface area contributed by atoms with E-state index in [9.17, 15) is 14.4 Å². The molecule has 4 rings (SSSR count). The van der Waals surface area contributed by atoms with Crippen molar-refractivity contribution in [3.05, 3.63) is 77.3 Å². The minimum atomic E-state index is -0.885. The second-order valence-electron chi connectivity index (χ2n) is 12.4. The fourth-order valence-electron chi connectivity index (χ4n) is 5.13. The van der Waals surface area contributed by atoms with Crippen molar-refractivity contribution in [1.29, 1.82) is 0 Å². The van der Waals surface area contributed by atoms with E-state index in [1.54, 1.807) is 18.7 Å². The van der Waals surface area contributed by atoms with Crippen molar-refractivity contribution in [2.45, 2.75) is 73.3 Å². The highest BCUT2D eigenvalue weighted by Gasteiger charge is 2.42. The van der Waals surface area contributed by atoms with Gasteiger partial charge >= 0.3 is 6.03 Å². The van der Waals surface area contributed by atoms with Crippen LogP contribution in [0.2, 0.25) is 0 Å². The first-order valence-electron chi connectivity index (χ1n) is 13.8. The third-order valence-electron chi connectivity index (χ3n) is 7.86. The van der Waals surface area contributed by atoms with Crippen LogP contribution >= 0.6 is 0 Å². The Morgan fingerprint density at radius 2 is 1.82 bits per heavy atom. The summed E-state index contributed by atoms with van der Waals surface area (Å²) in [4.78, 5) is 45.8. The molecule has 1 aromatic heterocycles. The number of nitrogens with one attached hydrogen (secondary N) is 2. The van der Waals surface area contributed by atoms with Gasteiger partial charge < -0.3 is 15.5 Å². The van der Waals surface area contributed by atoms with E-state index in [-0.39, 0.29) is 17.1 Å². The molecule has 210 valence electrons. The largest absolute Gasteiger partial charge is 0.326 e. The zero-order valence-corrected chi connectivity index (χ0v) is 24.7. The number of anilines is 1. The van der Waals surface area contributed by atoms with E-state index < -0.39 is 11.6 Å². The van der Waals surface area contributed by atoms with Gasteiger partial charge in [0.05, 0.1) is 16.8 Å². The van der Waals surface area contributed by atoms with Crippen LogP contribution in [0.3, 0.4) is 0 Å². The highest BCUT2D eigenvalue weighted by atomic mass is 16.2. The third-order valence-corrected chi connectivity index (χ3v) is 7.86. The predicted molar refractivity (Wildman–Crippen MR) is 160 cm³/mol. The Morgan fingerprint density at radius 3 is 2.45 bits per heavy atom. The summed E-state index contributed by atoms with van der Waals surface area (Å²) in [5.74, 6) is -0.173. The van der Waals surface area contributed by atoms with Gasteiger partial charge in [0.25, 0.3) is 5.91 Å². The Bertz CT molecular complexity index is 1440. The van der Waals surface area contributed by atoms with E-state index in [0.717, 1.165) is 33.5 Å². The van der Waals surface area contributed by atoms with Gasteiger partial charge in [-0.15, -0.1) is 0 Å². The molecule has 2 aliphatic rings. The standard InChI is InChI=1S/C33H40N4O3/c1-20(2)27-14-12-22(19-34-27)25-18-24(13-11-21(25)3)35-31(40)36-28-17-23(32(4,5)6)16-26(28)30(39)37-15-9-10-29(38)33(37,7)8/h11-14,16,18-19H,1,9-10,15,17H2,2-8H3,(H2,35,36,40). The third kappa shape index (κ3) is 5.93. The number of carbonyl (C=O) groups is 3. The maximum atomic E-state index is 13.8. The van der Waals surface area contributed by atoms with Crippen LogP contribution in [-0.2, 0) is 9.59 Å². The maximum absolute atomic E-state index is 13.8. The number of piperidine rings is 1. The number of hydrogen-bond donors (Lipinski definition) is 2. The van der Waals surface area contributed by atoms with Crippen molar-refractivity contribution in [3.63, 3.8) is 0 Å². The number of rotatable bonds is 5. The number of benzene rings is 1. The van der Waals surface area contributed by atoms with Gasteiger partial charge in [0.15, 0.2) is 5.78 Å². The van der Waals surface area contributed by atoms with Gasteiger partial charge in [-0.1, -0.05) is 45.1 Å². The van der Waals surface area contributed by atoms with E-state index in [1.165, 1.54) is 0 Å². The lowest BCUT2D eigenvalue weighted by atomic mass is 9.85. The first kappa shape index (κ1) is 29.0. The summed E-state index contributed by atoms with van der Waals surface area (Å²) in [6, 6.07) is 9.23.